The Morgan fingerprint density at radius 2 is 2.17 bits per heavy atom. The molecule has 0 aliphatic carbocycles. The number of methoxy groups -OCH3 is 1. The molecule has 124 valence electrons. The van der Waals surface area contributed by atoms with E-state index in [4.69, 9.17) is 4.74 Å². The van der Waals surface area contributed by atoms with Gasteiger partial charge in [0.2, 0.25) is 0 Å². The van der Waals surface area contributed by atoms with Crippen LogP contribution in [0.15, 0.2) is 42.5 Å². The predicted molar refractivity (Wildman–Crippen MR) is 87.9 cm³/mol. The Balaban J connectivity index is 1.87. The molecule has 24 heavy (non-hydrogen) atoms. The molecule has 3 rings (SSSR count). The first-order chi connectivity index (χ1) is 11.6. The van der Waals surface area contributed by atoms with Crippen LogP contribution in [-0.4, -0.2) is 29.8 Å². The summed E-state index contributed by atoms with van der Waals surface area (Å²) in [6.07, 6.45) is 0.197. The van der Waals surface area contributed by atoms with Crippen molar-refractivity contribution in [2.75, 3.05) is 13.7 Å². The van der Waals surface area contributed by atoms with Crippen molar-refractivity contribution >= 4 is 0 Å². The van der Waals surface area contributed by atoms with Gasteiger partial charge in [0.1, 0.15) is 11.6 Å². The van der Waals surface area contributed by atoms with Gasteiger partial charge < -0.3 is 9.84 Å². The molecule has 0 bridgehead atoms. The average Bonchev–Trinajstić information content (AvgIpc) is 2.97. The van der Waals surface area contributed by atoms with E-state index < -0.39 is 11.9 Å². The minimum absolute atomic E-state index is 0.0340. The number of nitrogens with zero attached hydrogens (tertiary/aromatic N) is 2. The number of β-amino-alcohol motifs (C(OH)–C–C–N with tert-alkyl or cyclic N) is 1. The predicted octanol–water partition coefficient (Wildman–Crippen LogP) is 3.01. The van der Waals surface area contributed by atoms with Gasteiger partial charge in [-0.25, -0.2) is 4.39 Å². The van der Waals surface area contributed by atoms with E-state index in [0.717, 1.165) is 16.9 Å². The number of aliphatic hydroxyl groups excluding tert-OH is 1. The minimum Gasteiger partial charge on any atom is -0.497 e. The van der Waals surface area contributed by atoms with E-state index in [2.05, 4.69) is 4.90 Å². The van der Waals surface area contributed by atoms with Crippen LogP contribution >= 0.6 is 0 Å². The Labute approximate surface area is 140 Å². The van der Waals surface area contributed by atoms with Crippen molar-refractivity contribution in [2.24, 2.45) is 0 Å². The maximum atomic E-state index is 13.3. The molecular formula is C19H19FN2O2. The van der Waals surface area contributed by atoms with Gasteiger partial charge in [-0.05, 0) is 41.8 Å². The van der Waals surface area contributed by atoms with Crippen molar-refractivity contribution in [2.45, 2.75) is 25.1 Å². The molecule has 0 unspecified atom stereocenters. The number of nitriles is 1. The van der Waals surface area contributed by atoms with E-state index in [9.17, 15) is 14.8 Å². The quantitative estimate of drug-likeness (QED) is 0.938. The Bertz CT molecular complexity index is 772. The van der Waals surface area contributed by atoms with Gasteiger partial charge in [0.05, 0.1) is 24.8 Å². The second-order valence-corrected chi connectivity index (χ2v) is 6.02. The van der Waals surface area contributed by atoms with Crippen LogP contribution in [0.4, 0.5) is 4.39 Å². The fraction of sp³-hybridized carbons (Fsp3) is 0.316. The number of hydrogen-bond acceptors (Lipinski definition) is 4. The minimum atomic E-state index is -0.424. The zero-order chi connectivity index (χ0) is 17.1. The lowest BCUT2D eigenvalue weighted by molar-refractivity contribution is 0.172. The highest BCUT2D eigenvalue weighted by atomic mass is 19.1. The molecule has 1 N–H and O–H groups in total. The molecule has 1 heterocycles. The first-order valence-corrected chi connectivity index (χ1v) is 7.85. The second kappa shape index (κ2) is 7.00. The van der Waals surface area contributed by atoms with Crippen LogP contribution in [0.25, 0.3) is 0 Å². The topological polar surface area (TPSA) is 56.5 Å². The van der Waals surface area contributed by atoms with Crippen molar-refractivity contribution in [1.29, 1.82) is 5.26 Å². The van der Waals surface area contributed by atoms with Crippen molar-refractivity contribution < 1.29 is 14.2 Å². The Morgan fingerprint density at radius 3 is 2.92 bits per heavy atom. The largest absolute Gasteiger partial charge is 0.497 e. The molecule has 2 aromatic rings. The molecular weight excluding hydrogens is 307 g/mol. The number of halogens is 1. The molecule has 4 nitrogen and oxygen atoms in total. The molecule has 1 saturated heterocycles. The summed E-state index contributed by atoms with van der Waals surface area (Å²) in [5.41, 5.74) is 2.16. The molecule has 1 aliphatic rings. The third-order valence-corrected chi connectivity index (χ3v) is 4.43. The number of ether oxygens (including phenoxy) is 1. The first-order valence-electron chi connectivity index (χ1n) is 7.85. The maximum absolute atomic E-state index is 13.3. The lowest BCUT2D eigenvalue weighted by Gasteiger charge is -2.25. The summed E-state index contributed by atoms with van der Waals surface area (Å²) in [6.45, 7) is 1.01. The van der Waals surface area contributed by atoms with Crippen molar-refractivity contribution in [1.82, 2.24) is 4.90 Å². The van der Waals surface area contributed by atoms with E-state index in [-0.39, 0.29) is 6.04 Å². The number of aliphatic hydroxyl groups is 1. The van der Waals surface area contributed by atoms with Gasteiger partial charge in [0.25, 0.3) is 0 Å². The van der Waals surface area contributed by atoms with Gasteiger partial charge in [-0.1, -0.05) is 18.2 Å². The normalized spacial score (nSPS) is 20.8. The van der Waals surface area contributed by atoms with Gasteiger partial charge in [-0.2, -0.15) is 5.26 Å². The second-order valence-electron chi connectivity index (χ2n) is 6.02. The molecule has 5 heteroatoms. The standard InChI is InChI=1S/C19H19FN2O2/c1-24-18-4-2-3-13(8-18)19-9-17(23)12-22(19)11-14-5-6-16(20)7-15(14)10-21/h2-8,17,19,23H,9,11-12H2,1H3/t17-,19+/m0/s1. The number of hydrogen-bond donors (Lipinski definition) is 1. The van der Waals surface area contributed by atoms with E-state index in [1.807, 2.05) is 30.3 Å². The van der Waals surface area contributed by atoms with Gasteiger partial charge >= 0.3 is 0 Å². The summed E-state index contributed by atoms with van der Waals surface area (Å²) in [5, 5.41) is 19.3. The summed E-state index contributed by atoms with van der Waals surface area (Å²) >= 11 is 0. The summed E-state index contributed by atoms with van der Waals surface area (Å²) in [7, 11) is 1.62. The lowest BCUT2D eigenvalue weighted by Crippen LogP contribution is -2.24. The zero-order valence-corrected chi connectivity index (χ0v) is 13.4. The van der Waals surface area contributed by atoms with Gasteiger partial charge in [-0.3, -0.25) is 4.90 Å². The zero-order valence-electron chi connectivity index (χ0n) is 13.4. The van der Waals surface area contributed by atoms with E-state index in [1.165, 1.54) is 12.1 Å². The smallest absolute Gasteiger partial charge is 0.124 e. The molecule has 0 spiro atoms. The van der Waals surface area contributed by atoms with Gasteiger partial charge in [0.15, 0.2) is 0 Å². The Hall–Kier alpha value is -2.42. The fourth-order valence-electron chi connectivity index (χ4n) is 3.26. The van der Waals surface area contributed by atoms with Crippen molar-refractivity contribution in [3.63, 3.8) is 0 Å². The summed E-state index contributed by atoms with van der Waals surface area (Å²) in [5.74, 6) is 0.356. The highest BCUT2D eigenvalue weighted by Crippen LogP contribution is 2.35. The van der Waals surface area contributed by atoms with Crippen LogP contribution in [-0.2, 0) is 6.54 Å². The highest BCUT2D eigenvalue weighted by Gasteiger charge is 2.32. The molecule has 0 saturated carbocycles. The van der Waals surface area contributed by atoms with Crippen LogP contribution in [0.2, 0.25) is 0 Å². The third kappa shape index (κ3) is 3.40. The highest BCUT2D eigenvalue weighted by molar-refractivity contribution is 5.38. The average molecular weight is 326 g/mol. The fourth-order valence-corrected chi connectivity index (χ4v) is 3.26. The van der Waals surface area contributed by atoms with Gasteiger partial charge in [-0.15, -0.1) is 0 Å². The van der Waals surface area contributed by atoms with Crippen LogP contribution in [0.1, 0.15) is 29.2 Å². The molecule has 0 amide bonds. The van der Waals surface area contributed by atoms with E-state index in [1.54, 1.807) is 13.2 Å². The summed E-state index contributed by atoms with van der Waals surface area (Å²) in [6, 6.07) is 14.1. The SMILES string of the molecule is COc1cccc([C@H]2C[C@H](O)CN2Cc2ccc(F)cc2C#N)c1. The molecule has 1 fully saturated rings. The number of benzene rings is 2. The number of likely N-dealkylation sites (tertiary alicyclic amines) is 1. The summed E-state index contributed by atoms with van der Waals surface area (Å²) in [4.78, 5) is 2.12. The van der Waals surface area contributed by atoms with Gasteiger partial charge in [0, 0.05) is 19.1 Å². The van der Waals surface area contributed by atoms with Crippen LogP contribution in [0.3, 0.4) is 0 Å². The monoisotopic (exact) mass is 326 g/mol. The van der Waals surface area contributed by atoms with E-state index in [0.29, 0.717) is 25.1 Å². The van der Waals surface area contributed by atoms with Crippen molar-refractivity contribution in [3.05, 3.63) is 65.0 Å². The Kier molecular flexibility index (Phi) is 4.79. The van der Waals surface area contributed by atoms with Crippen molar-refractivity contribution in [3.8, 4) is 11.8 Å². The molecule has 0 aromatic heterocycles. The van der Waals surface area contributed by atoms with Crippen LogP contribution in [0.5, 0.6) is 5.75 Å². The van der Waals surface area contributed by atoms with Crippen LogP contribution < -0.4 is 4.74 Å². The number of rotatable bonds is 4. The Morgan fingerprint density at radius 1 is 1.33 bits per heavy atom. The lowest BCUT2D eigenvalue weighted by atomic mass is 10.0. The maximum Gasteiger partial charge on any atom is 0.124 e. The third-order valence-electron chi connectivity index (χ3n) is 4.43. The molecule has 1 aliphatic heterocycles. The first kappa shape index (κ1) is 16.4. The molecule has 2 aromatic carbocycles. The summed E-state index contributed by atoms with van der Waals surface area (Å²) < 4.78 is 18.6. The van der Waals surface area contributed by atoms with Crippen LogP contribution in [0, 0.1) is 17.1 Å². The van der Waals surface area contributed by atoms with E-state index >= 15 is 0 Å². The molecule has 2 atom stereocenters. The molecule has 0 radical (unpaired) electrons.